The normalized spacial score (nSPS) is 10.3. The summed E-state index contributed by atoms with van der Waals surface area (Å²) in [4.78, 5) is 20.3. The van der Waals surface area contributed by atoms with Crippen LogP contribution in [0.3, 0.4) is 0 Å². The Balaban J connectivity index is 2.21. The van der Waals surface area contributed by atoms with Crippen molar-refractivity contribution in [2.75, 3.05) is 7.05 Å². The number of aromatic hydroxyl groups is 2. The molecular formula is C12H13N3O3. The third-order valence-electron chi connectivity index (χ3n) is 2.52. The van der Waals surface area contributed by atoms with Crippen LogP contribution in [0.2, 0.25) is 0 Å². The SMILES string of the molecule is CN(Cc1ncc[nH]1)C(=O)c1c(O)cccc1O. The molecule has 0 spiro atoms. The Hall–Kier alpha value is -2.50. The van der Waals surface area contributed by atoms with Gasteiger partial charge in [-0.3, -0.25) is 4.79 Å². The molecule has 0 aliphatic carbocycles. The lowest BCUT2D eigenvalue weighted by atomic mass is 10.1. The monoisotopic (exact) mass is 247 g/mol. The van der Waals surface area contributed by atoms with Gasteiger partial charge in [0.05, 0.1) is 6.54 Å². The summed E-state index contributed by atoms with van der Waals surface area (Å²) in [6.45, 7) is 0.263. The Morgan fingerprint density at radius 1 is 1.39 bits per heavy atom. The zero-order valence-electron chi connectivity index (χ0n) is 9.79. The molecule has 1 aromatic heterocycles. The first kappa shape index (κ1) is 12.0. The number of benzene rings is 1. The van der Waals surface area contributed by atoms with E-state index in [4.69, 9.17) is 0 Å². The van der Waals surface area contributed by atoms with Gasteiger partial charge < -0.3 is 20.1 Å². The highest BCUT2D eigenvalue weighted by molar-refractivity contribution is 5.99. The molecule has 6 nitrogen and oxygen atoms in total. The van der Waals surface area contributed by atoms with Crippen molar-refractivity contribution < 1.29 is 15.0 Å². The summed E-state index contributed by atoms with van der Waals surface area (Å²) in [6, 6.07) is 4.18. The standard InChI is InChI=1S/C12H13N3O3/c1-15(7-10-13-5-6-14-10)12(18)11-8(16)3-2-4-9(11)17/h2-6,16-17H,7H2,1H3,(H,13,14). The Kier molecular flexibility index (Phi) is 3.18. The van der Waals surface area contributed by atoms with Crippen molar-refractivity contribution in [3.63, 3.8) is 0 Å². The van der Waals surface area contributed by atoms with Crippen LogP contribution < -0.4 is 0 Å². The van der Waals surface area contributed by atoms with Crippen molar-refractivity contribution in [1.82, 2.24) is 14.9 Å². The van der Waals surface area contributed by atoms with E-state index in [0.29, 0.717) is 5.82 Å². The topological polar surface area (TPSA) is 89.5 Å². The molecule has 6 heteroatoms. The average Bonchev–Trinajstić information content (AvgIpc) is 2.81. The predicted molar refractivity (Wildman–Crippen MR) is 64.2 cm³/mol. The lowest BCUT2D eigenvalue weighted by molar-refractivity contribution is 0.0775. The van der Waals surface area contributed by atoms with Crippen LogP contribution in [0.4, 0.5) is 0 Å². The maximum absolute atomic E-state index is 12.1. The minimum absolute atomic E-state index is 0.105. The van der Waals surface area contributed by atoms with Crippen molar-refractivity contribution in [3.8, 4) is 11.5 Å². The molecular weight excluding hydrogens is 234 g/mol. The minimum Gasteiger partial charge on any atom is -0.507 e. The molecule has 0 saturated heterocycles. The number of aromatic nitrogens is 2. The van der Waals surface area contributed by atoms with Crippen molar-refractivity contribution in [3.05, 3.63) is 42.0 Å². The van der Waals surface area contributed by atoms with E-state index in [9.17, 15) is 15.0 Å². The van der Waals surface area contributed by atoms with Gasteiger partial charge in [-0.25, -0.2) is 4.98 Å². The molecule has 0 radical (unpaired) electrons. The van der Waals surface area contributed by atoms with Gasteiger partial charge in [-0.2, -0.15) is 0 Å². The van der Waals surface area contributed by atoms with E-state index in [-0.39, 0.29) is 23.6 Å². The summed E-state index contributed by atoms with van der Waals surface area (Å²) in [5.74, 6) is -0.333. The minimum atomic E-state index is -0.470. The molecule has 0 aliphatic rings. The van der Waals surface area contributed by atoms with Crippen molar-refractivity contribution in [2.24, 2.45) is 0 Å². The molecule has 0 aliphatic heterocycles. The number of nitrogens with zero attached hydrogens (tertiary/aromatic N) is 2. The Morgan fingerprint density at radius 2 is 2.06 bits per heavy atom. The highest BCUT2D eigenvalue weighted by Crippen LogP contribution is 2.27. The van der Waals surface area contributed by atoms with E-state index in [1.165, 1.54) is 23.1 Å². The molecule has 0 atom stereocenters. The summed E-state index contributed by atoms with van der Waals surface area (Å²) >= 11 is 0. The Morgan fingerprint density at radius 3 is 2.61 bits per heavy atom. The molecule has 0 bridgehead atoms. The number of phenolic OH excluding ortho intramolecular Hbond substituents is 2. The third-order valence-corrected chi connectivity index (χ3v) is 2.52. The largest absolute Gasteiger partial charge is 0.507 e. The fraction of sp³-hybridized carbons (Fsp3) is 0.167. The molecule has 0 unspecified atom stereocenters. The van der Waals surface area contributed by atoms with Crippen LogP contribution in [0, 0.1) is 0 Å². The van der Waals surface area contributed by atoms with Crippen molar-refractivity contribution in [2.45, 2.75) is 6.54 Å². The van der Waals surface area contributed by atoms with Gasteiger partial charge in [-0.1, -0.05) is 6.07 Å². The molecule has 0 saturated carbocycles. The highest BCUT2D eigenvalue weighted by Gasteiger charge is 2.20. The number of hydrogen-bond donors (Lipinski definition) is 3. The lowest BCUT2D eigenvalue weighted by Crippen LogP contribution is -2.26. The second-order valence-corrected chi connectivity index (χ2v) is 3.87. The number of amides is 1. The van der Waals surface area contributed by atoms with E-state index in [1.54, 1.807) is 19.4 Å². The molecule has 1 aromatic carbocycles. The van der Waals surface area contributed by atoms with Crippen molar-refractivity contribution >= 4 is 5.91 Å². The van der Waals surface area contributed by atoms with Crippen LogP contribution in [0.15, 0.2) is 30.6 Å². The van der Waals surface area contributed by atoms with E-state index in [0.717, 1.165) is 0 Å². The molecule has 2 rings (SSSR count). The number of phenols is 2. The summed E-state index contributed by atoms with van der Waals surface area (Å²) in [6.07, 6.45) is 3.25. The predicted octanol–water partition coefficient (Wildman–Crippen LogP) is 1.09. The summed E-state index contributed by atoms with van der Waals surface area (Å²) in [7, 11) is 1.57. The quantitative estimate of drug-likeness (QED) is 0.757. The van der Waals surface area contributed by atoms with E-state index >= 15 is 0 Å². The van der Waals surface area contributed by atoms with Gasteiger partial charge >= 0.3 is 0 Å². The fourth-order valence-corrected chi connectivity index (χ4v) is 1.62. The van der Waals surface area contributed by atoms with E-state index in [1.807, 2.05) is 0 Å². The first-order valence-corrected chi connectivity index (χ1v) is 5.34. The van der Waals surface area contributed by atoms with Crippen LogP contribution in [-0.4, -0.2) is 38.0 Å². The molecule has 1 amide bonds. The van der Waals surface area contributed by atoms with E-state index in [2.05, 4.69) is 9.97 Å². The number of hydrogen-bond acceptors (Lipinski definition) is 4. The smallest absolute Gasteiger partial charge is 0.261 e. The maximum atomic E-state index is 12.1. The van der Waals surface area contributed by atoms with Gasteiger partial charge in [0.25, 0.3) is 5.91 Å². The molecule has 1 heterocycles. The number of H-pyrrole nitrogens is 1. The highest BCUT2D eigenvalue weighted by atomic mass is 16.3. The first-order valence-electron chi connectivity index (χ1n) is 5.34. The second kappa shape index (κ2) is 4.79. The van der Waals surface area contributed by atoms with Gasteiger partial charge in [-0.15, -0.1) is 0 Å². The van der Waals surface area contributed by atoms with Crippen LogP contribution in [0.5, 0.6) is 11.5 Å². The van der Waals surface area contributed by atoms with Crippen LogP contribution >= 0.6 is 0 Å². The summed E-state index contributed by atoms with van der Waals surface area (Å²) in [5.41, 5.74) is -0.105. The molecule has 2 aromatic rings. The zero-order valence-corrected chi connectivity index (χ0v) is 9.79. The number of carbonyl (C=O) groups is 1. The number of carbonyl (C=O) groups excluding carboxylic acids is 1. The van der Waals surface area contributed by atoms with Gasteiger partial charge in [0.1, 0.15) is 22.9 Å². The van der Waals surface area contributed by atoms with Gasteiger partial charge in [-0.05, 0) is 12.1 Å². The second-order valence-electron chi connectivity index (χ2n) is 3.87. The number of aromatic amines is 1. The third kappa shape index (κ3) is 2.27. The molecule has 18 heavy (non-hydrogen) atoms. The lowest BCUT2D eigenvalue weighted by Gasteiger charge is -2.17. The Bertz CT molecular complexity index is 531. The summed E-state index contributed by atoms with van der Waals surface area (Å²) < 4.78 is 0. The van der Waals surface area contributed by atoms with Crippen molar-refractivity contribution in [1.29, 1.82) is 0 Å². The van der Waals surface area contributed by atoms with Gasteiger partial charge in [0.15, 0.2) is 0 Å². The number of imidazole rings is 1. The maximum Gasteiger partial charge on any atom is 0.261 e. The number of rotatable bonds is 3. The molecule has 0 fully saturated rings. The Labute approximate surface area is 104 Å². The molecule has 3 N–H and O–H groups in total. The van der Waals surface area contributed by atoms with Gasteiger partial charge in [0.2, 0.25) is 0 Å². The summed E-state index contributed by atoms with van der Waals surface area (Å²) in [5, 5.41) is 19.2. The molecule has 94 valence electrons. The van der Waals surface area contributed by atoms with Crippen LogP contribution in [0.25, 0.3) is 0 Å². The average molecular weight is 247 g/mol. The fourth-order valence-electron chi connectivity index (χ4n) is 1.62. The number of nitrogens with one attached hydrogen (secondary N) is 1. The van der Waals surface area contributed by atoms with Crippen LogP contribution in [0.1, 0.15) is 16.2 Å². The van der Waals surface area contributed by atoms with E-state index < -0.39 is 5.91 Å². The zero-order chi connectivity index (χ0) is 13.1. The first-order chi connectivity index (χ1) is 8.59. The van der Waals surface area contributed by atoms with Crippen LogP contribution in [-0.2, 0) is 6.54 Å². The van der Waals surface area contributed by atoms with Gasteiger partial charge in [0, 0.05) is 19.4 Å².